The molecular weight excluding hydrogens is 394 g/mol. The monoisotopic (exact) mass is 419 g/mol. The first-order valence-electron chi connectivity index (χ1n) is 9.86. The Balaban J connectivity index is 1.71. The van der Waals surface area contributed by atoms with Crippen LogP contribution < -0.4 is 10.6 Å². The zero-order valence-corrected chi connectivity index (χ0v) is 17.7. The fourth-order valence-electron chi connectivity index (χ4n) is 2.94. The summed E-state index contributed by atoms with van der Waals surface area (Å²) in [4.78, 5) is 27.8. The van der Waals surface area contributed by atoms with E-state index in [-0.39, 0.29) is 5.91 Å². The van der Waals surface area contributed by atoms with Gasteiger partial charge in [-0.1, -0.05) is 18.2 Å². The summed E-state index contributed by atoms with van der Waals surface area (Å²) in [6.07, 6.45) is 5.30. The average Bonchev–Trinajstić information content (AvgIpc) is 3.13. The Morgan fingerprint density at radius 2 is 2.03 bits per heavy atom. The number of carboxylic acids is 1. The van der Waals surface area contributed by atoms with Crippen molar-refractivity contribution in [2.75, 3.05) is 17.2 Å². The van der Waals surface area contributed by atoms with Crippen LogP contribution in [0.15, 0.2) is 65.3 Å². The number of carbonyl (C=O) groups excluding carboxylic acids is 1. The van der Waals surface area contributed by atoms with E-state index in [0.29, 0.717) is 23.5 Å². The van der Waals surface area contributed by atoms with Gasteiger partial charge in [0.25, 0.3) is 5.91 Å². The number of fused-ring (bicyclic) bond motifs is 1. The Labute approximate surface area is 180 Å². The van der Waals surface area contributed by atoms with E-state index in [1.165, 1.54) is 13.1 Å². The van der Waals surface area contributed by atoms with Crippen LogP contribution in [0.25, 0.3) is 10.9 Å². The summed E-state index contributed by atoms with van der Waals surface area (Å²) in [5.74, 6) is -1.22. The van der Waals surface area contributed by atoms with Gasteiger partial charge >= 0.3 is 5.97 Å². The van der Waals surface area contributed by atoms with E-state index in [9.17, 15) is 9.59 Å². The third kappa shape index (κ3) is 5.57. The van der Waals surface area contributed by atoms with Crippen LogP contribution >= 0.6 is 0 Å². The van der Waals surface area contributed by atoms with Crippen molar-refractivity contribution >= 4 is 40.4 Å². The standard InChI is InChI=1S/C23H25N5O3/c1-4-16(12-24-15(2)23(30)31)13-25-20-8-6-5-7-19(20)22(29)26-18-10-9-17-14-28(3)27-21(17)11-18/h4-12,14-15,25H,13H2,1-3H3,(H,26,29)(H,30,31)/b16-4+,24-12?. The highest BCUT2D eigenvalue weighted by molar-refractivity contribution is 6.08. The number of aromatic nitrogens is 2. The Bertz CT molecular complexity index is 1160. The number of para-hydroxylation sites is 1. The smallest absolute Gasteiger partial charge is 0.328 e. The number of carbonyl (C=O) groups is 2. The first kappa shape index (κ1) is 21.8. The number of carboxylic acid groups (broad SMARTS) is 1. The average molecular weight is 419 g/mol. The number of rotatable bonds is 8. The van der Waals surface area contributed by atoms with Crippen molar-refractivity contribution < 1.29 is 14.7 Å². The maximum atomic E-state index is 12.9. The number of allylic oxidation sites excluding steroid dienone is 1. The minimum Gasteiger partial charge on any atom is -0.480 e. The number of aliphatic imine (C=N–C) groups is 1. The van der Waals surface area contributed by atoms with Crippen molar-refractivity contribution in [3.05, 3.63) is 65.9 Å². The molecule has 1 atom stereocenters. The van der Waals surface area contributed by atoms with E-state index in [4.69, 9.17) is 5.11 Å². The molecule has 160 valence electrons. The third-order valence-electron chi connectivity index (χ3n) is 4.73. The normalized spacial score (nSPS) is 12.8. The number of nitrogens with zero attached hydrogens (tertiary/aromatic N) is 3. The van der Waals surface area contributed by atoms with Crippen molar-refractivity contribution in [3.8, 4) is 0 Å². The van der Waals surface area contributed by atoms with Crippen molar-refractivity contribution in [3.63, 3.8) is 0 Å². The summed E-state index contributed by atoms with van der Waals surface area (Å²) in [5, 5.41) is 20.5. The number of nitrogens with one attached hydrogen (secondary N) is 2. The van der Waals surface area contributed by atoms with Crippen LogP contribution in [0.4, 0.5) is 11.4 Å². The lowest BCUT2D eigenvalue weighted by Crippen LogP contribution is -2.17. The highest BCUT2D eigenvalue weighted by atomic mass is 16.4. The quantitative estimate of drug-likeness (QED) is 0.482. The van der Waals surface area contributed by atoms with Gasteiger partial charge in [0, 0.05) is 42.8 Å². The largest absolute Gasteiger partial charge is 0.480 e. The SMILES string of the molecule is C/C=C(\C=NC(C)C(=O)O)CNc1ccccc1C(=O)Nc1ccc2cn(C)nc2c1. The number of aryl methyl sites for hydroxylation is 1. The first-order valence-corrected chi connectivity index (χ1v) is 9.86. The maximum absolute atomic E-state index is 12.9. The lowest BCUT2D eigenvalue weighted by atomic mass is 10.1. The molecule has 0 fully saturated rings. The van der Waals surface area contributed by atoms with Gasteiger partial charge in [0.2, 0.25) is 0 Å². The molecule has 0 aliphatic heterocycles. The predicted octanol–water partition coefficient (Wildman–Crippen LogP) is 3.73. The molecule has 8 nitrogen and oxygen atoms in total. The summed E-state index contributed by atoms with van der Waals surface area (Å²) in [5.41, 5.74) is 3.44. The zero-order valence-electron chi connectivity index (χ0n) is 17.7. The van der Waals surface area contributed by atoms with Gasteiger partial charge in [0.15, 0.2) is 0 Å². The minimum absolute atomic E-state index is 0.242. The topological polar surface area (TPSA) is 109 Å². The number of hydrogen-bond donors (Lipinski definition) is 3. The van der Waals surface area contributed by atoms with Gasteiger partial charge in [0.05, 0.1) is 11.1 Å². The molecule has 0 aliphatic rings. The van der Waals surface area contributed by atoms with Crippen LogP contribution in [0, 0.1) is 0 Å². The number of hydrogen-bond acceptors (Lipinski definition) is 5. The molecule has 3 rings (SSSR count). The molecule has 2 aromatic carbocycles. The van der Waals surface area contributed by atoms with Gasteiger partial charge in [-0.3, -0.25) is 14.5 Å². The fourth-order valence-corrected chi connectivity index (χ4v) is 2.94. The van der Waals surface area contributed by atoms with Gasteiger partial charge < -0.3 is 15.7 Å². The Morgan fingerprint density at radius 1 is 1.26 bits per heavy atom. The second kappa shape index (κ2) is 9.71. The van der Waals surface area contributed by atoms with E-state index >= 15 is 0 Å². The van der Waals surface area contributed by atoms with Crippen molar-refractivity contribution in [1.82, 2.24) is 9.78 Å². The molecule has 1 unspecified atom stereocenters. The van der Waals surface area contributed by atoms with Gasteiger partial charge in [-0.25, -0.2) is 4.79 Å². The number of amides is 1. The van der Waals surface area contributed by atoms with Crippen molar-refractivity contribution in [2.45, 2.75) is 19.9 Å². The van der Waals surface area contributed by atoms with E-state index in [0.717, 1.165) is 16.5 Å². The molecule has 1 heterocycles. The minimum atomic E-state index is -0.981. The van der Waals surface area contributed by atoms with Crippen LogP contribution in [-0.2, 0) is 11.8 Å². The van der Waals surface area contributed by atoms with Gasteiger partial charge in [-0.2, -0.15) is 5.10 Å². The van der Waals surface area contributed by atoms with Crippen molar-refractivity contribution in [1.29, 1.82) is 0 Å². The van der Waals surface area contributed by atoms with E-state index in [1.807, 2.05) is 56.6 Å². The molecule has 0 saturated heterocycles. The zero-order chi connectivity index (χ0) is 22.4. The second-order valence-corrected chi connectivity index (χ2v) is 7.09. The van der Waals surface area contributed by atoms with E-state index in [2.05, 4.69) is 20.7 Å². The van der Waals surface area contributed by atoms with Crippen LogP contribution in [-0.4, -0.2) is 45.6 Å². The summed E-state index contributed by atoms with van der Waals surface area (Å²) in [6, 6.07) is 12.0. The number of anilines is 2. The van der Waals surface area contributed by atoms with E-state index < -0.39 is 12.0 Å². The van der Waals surface area contributed by atoms with Crippen LogP contribution in [0.3, 0.4) is 0 Å². The molecule has 0 saturated carbocycles. The Morgan fingerprint density at radius 3 is 2.77 bits per heavy atom. The number of benzene rings is 2. The summed E-state index contributed by atoms with van der Waals surface area (Å²) in [6.45, 7) is 3.76. The van der Waals surface area contributed by atoms with Gasteiger partial charge in [0.1, 0.15) is 6.04 Å². The highest BCUT2D eigenvalue weighted by Crippen LogP contribution is 2.21. The van der Waals surface area contributed by atoms with Crippen molar-refractivity contribution in [2.24, 2.45) is 12.0 Å². The van der Waals surface area contributed by atoms with Gasteiger partial charge in [-0.15, -0.1) is 0 Å². The molecule has 1 aromatic heterocycles. The Kier molecular flexibility index (Phi) is 6.81. The fraction of sp³-hybridized carbons (Fsp3) is 0.217. The maximum Gasteiger partial charge on any atom is 0.328 e. The molecule has 31 heavy (non-hydrogen) atoms. The summed E-state index contributed by atoms with van der Waals surface area (Å²) in [7, 11) is 1.85. The molecule has 8 heteroatoms. The van der Waals surface area contributed by atoms with Crippen LogP contribution in [0.1, 0.15) is 24.2 Å². The van der Waals surface area contributed by atoms with Crippen LogP contribution in [0.2, 0.25) is 0 Å². The Hall–Kier alpha value is -3.94. The number of aliphatic carboxylic acids is 1. The molecule has 0 spiro atoms. The van der Waals surface area contributed by atoms with Gasteiger partial charge in [-0.05, 0) is 49.8 Å². The molecule has 3 N–H and O–H groups in total. The lowest BCUT2D eigenvalue weighted by molar-refractivity contribution is -0.137. The molecule has 1 amide bonds. The lowest BCUT2D eigenvalue weighted by Gasteiger charge is -2.13. The summed E-state index contributed by atoms with van der Waals surface area (Å²) >= 11 is 0. The predicted molar refractivity (Wildman–Crippen MR) is 123 cm³/mol. The molecule has 3 aromatic rings. The molecular formula is C23H25N5O3. The molecule has 0 aliphatic carbocycles. The third-order valence-corrected chi connectivity index (χ3v) is 4.73. The van der Waals surface area contributed by atoms with Crippen LogP contribution in [0.5, 0.6) is 0 Å². The molecule has 0 radical (unpaired) electrons. The molecule has 0 bridgehead atoms. The first-order chi connectivity index (χ1) is 14.9. The van der Waals surface area contributed by atoms with E-state index in [1.54, 1.807) is 16.8 Å². The summed E-state index contributed by atoms with van der Waals surface area (Å²) < 4.78 is 1.73. The highest BCUT2D eigenvalue weighted by Gasteiger charge is 2.12. The second-order valence-electron chi connectivity index (χ2n) is 7.09.